The van der Waals surface area contributed by atoms with Crippen LogP contribution in [0, 0.1) is 0 Å². The van der Waals surface area contributed by atoms with Crippen molar-refractivity contribution in [3.05, 3.63) is 75.7 Å². The largest absolute Gasteiger partial charge is 0.490 e. The number of para-hydroxylation sites is 1. The minimum atomic E-state index is -0.315. The maximum atomic E-state index is 12.9. The van der Waals surface area contributed by atoms with E-state index in [0.717, 1.165) is 42.9 Å². The van der Waals surface area contributed by atoms with Gasteiger partial charge < -0.3 is 14.4 Å². The Labute approximate surface area is 179 Å². The molecule has 3 heterocycles. The summed E-state index contributed by atoms with van der Waals surface area (Å²) in [6.07, 6.45) is 4.55. The van der Waals surface area contributed by atoms with E-state index in [9.17, 15) is 4.79 Å². The van der Waals surface area contributed by atoms with Crippen molar-refractivity contribution in [3.63, 3.8) is 0 Å². The van der Waals surface area contributed by atoms with Crippen molar-refractivity contribution < 1.29 is 9.47 Å². The molecule has 154 valence electrons. The summed E-state index contributed by atoms with van der Waals surface area (Å²) in [5, 5.41) is 4.59. The summed E-state index contributed by atoms with van der Waals surface area (Å²) in [6, 6.07) is 15.5. The summed E-state index contributed by atoms with van der Waals surface area (Å²) in [5.41, 5.74) is 2.17. The molecule has 1 atom stereocenters. The number of fused-ring (bicyclic) bond motifs is 1. The quantitative estimate of drug-likeness (QED) is 0.625. The molecule has 2 aliphatic rings. The van der Waals surface area contributed by atoms with Crippen LogP contribution < -0.4 is 19.9 Å². The molecule has 5 rings (SSSR count). The molecule has 1 unspecified atom stereocenters. The highest BCUT2D eigenvalue weighted by molar-refractivity contribution is 6.33. The number of ether oxygens (including phenoxy) is 2. The molecule has 30 heavy (non-hydrogen) atoms. The van der Waals surface area contributed by atoms with Gasteiger partial charge in [-0.25, -0.2) is 0 Å². The molecular formula is C23H22ClN3O3. The van der Waals surface area contributed by atoms with Crippen LogP contribution >= 0.6 is 11.6 Å². The maximum Gasteiger partial charge on any atom is 0.292 e. The lowest BCUT2D eigenvalue weighted by molar-refractivity contribution is 0.297. The van der Waals surface area contributed by atoms with Crippen molar-refractivity contribution in [2.24, 2.45) is 0 Å². The number of halogens is 1. The van der Waals surface area contributed by atoms with Crippen LogP contribution in [0.25, 0.3) is 5.69 Å². The van der Waals surface area contributed by atoms with Gasteiger partial charge in [-0.1, -0.05) is 35.9 Å². The summed E-state index contributed by atoms with van der Waals surface area (Å²) in [6.45, 7) is 2.13. The Morgan fingerprint density at radius 1 is 1.00 bits per heavy atom. The molecule has 0 aliphatic carbocycles. The van der Waals surface area contributed by atoms with E-state index in [0.29, 0.717) is 24.6 Å². The van der Waals surface area contributed by atoms with Crippen molar-refractivity contribution >= 4 is 17.3 Å². The van der Waals surface area contributed by atoms with Gasteiger partial charge in [-0.2, -0.15) is 9.78 Å². The highest BCUT2D eigenvalue weighted by Crippen LogP contribution is 2.41. The smallest absolute Gasteiger partial charge is 0.292 e. The minimum Gasteiger partial charge on any atom is -0.490 e. The van der Waals surface area contributed by atoms with E-state index in [1.807, 2.05) is 36.4 Å². The Morgan fingerprint density at radius 2 is 1.80 bits per heavy atom. The second-order valence-electron chi connectivity index (χ2n) is 7.50. The van der Waals surface area contributed by atoms with E-state index in [2.05, 4.69) is 22.1 Å². The van der Waals surface area contributed by atoms with Gasteiger partial charge in [-0.3, -0.25) is 4.79 Å². The Balaban J connectivity index is 1.49. The first-order valence-electron chi connectivity index (χ1n) is 10.2. The van der Waals surface area contributed by atoms with Crippen molar-refractivity contribution in [1.29, 1.82) is 0 Å². The fourth-order valence-corrected chi connectivity index (χ4v) is 4.40. The molecule has 3 aromatic rings. The number of rotatable bonds is 3. The van der Waals surface area contributed by atoms with Crippen molar-refractivity contribution in [2.75, 3.05) is 24.7 Å². The van der Waals surface area contributed by atoms with Gasteiger partial charge in [-0.15, -0.1) is 0 Å². The highest BCUT2D eigenvalue weighted by atomic mass is 35.5. The van der Waals surface area contributed by atoms with Gasteiger partial charge in [0.2, 0.25) is 0 Å². The summed E-state index contributed by atoms with van der Waals surface area (Å²) < 4.78 is 13.0. The monoisotopic (exact) mass is 423 g/mol. The second kappa shape index (κ2) is 8.03. The SMILES string of the molecule is O=c1c(Cl)c(N2CCCC2c2ccc3c(c2)OCCCO3)cnn1-c1ccccc1. The normalized spacial score (nSPS) is 18.3. The summed E-state index contributed by atoms with van der Waals surface area (Å²) in [4.78, 5) is 15.1. The molecule has 6 nitrogen and oxygen atoms in total. The third-order valence-electron chi connectivity index (χ3n) is 5.62. The van der Waals surface area contributed by atoms with Crippen molar-refractivity contribution in [3.8, 4) is 17.2 Å². The molecule has 1 saturated heterocycles. The first kappa shape index (κ1) is 19.0. The van der Waals surface area contributed by atoms with Gasteiger partial charge in [0.1, 0.15) is 5.02 Å². The van der Waals surface area contributed by atoms with Gasteiger partial charge >= 0.3 is 0 Å². The average molecular weight is 424 g/mol. The number of benzene rings is 2. The molecule has 0 bridgehead atoms. The molecule has 2 aromatic carbocycles. The van der Waals surface area contributed by atoms with Gasteiger partial charge in [0.05, 0.1) is 36.8 Å². The molecular weight excluding hydrogens is 402 g/mol. The van der Waals surface area contributed by atoms with Crippen LogP contribution in [0.15, 0.2) is 59.5 Å². The maximum absolute atomic E-state index is 12.9. The molecule has 1 aromatic heterocycles. The van der Waals surface area contributed by atoms with Crippen LogP contribution in [-0.4, -0.2) is 29.5 Å². The number of hydrogen-bond donors (Lipinski definition) is 0. The van der Waals surface area contributed by atoms with Crippen LogP contribution in [0.1, 0.15) is 30.9 Å². The molecule has 1 fully saturated rings. The molecule has 0 N–H and O–H groups in total. The third kappa shape index (κ3) is 3.41. The zero-order valence-corrected chi connectivity index (χ0v) is 17.2. The number of hydrogen-bond acceptors (Lipinski definition) is 5. The summed E-state index contributed by atoms with van der Waals surface area (Å²) >= 11 is 6.56. The van der Waals surface area contributed by atoms with Gasteiger partial charge in [0.25, 0.3) is 5.56 Å². The Bertz CT molecular complexity index is 1120. The lowest BCUT2D eigenvalue weighted by Gasteiger charge is -2.28. The van der Waals surface area contributed by atoms with E-state index >= 15 is 0 Å². The first-order chi connectivity index (χ1) is 14.7. The number of anilines is 1. The average Bonchev–Trinajstić information content (AvgIpc) is 3.14. The van der Waals surface area contributed by atoms with E-state index in [4.69, 9.17) is 21.1 Å². The van der Waals surface area contributed by atoms with Crippen LogP contribution in [0.4, 0.5) is 5.69 Å². The number of aromatic nitrogens is 2. The van der Waals surface area contributed by atoms with Crippen LogP contribution in [-0.2, 0) is 0 Å². The zero-order valence-electron chi connectivity index (χ0n) is 16.5. The van der Waals surface area contributed by atoms with Crippen molar-refractivity contribution in [1.82, 2.24) is 9.78 Å². The summed E-state index contributed by atoms with van der Waals surface area (Å²) in [7, 11) is 0. The van der Waals surface area contributed by atoms with E-state index < -0.39 is 0 Å². The first-order valence-corrected chi connectivity index (χ1v) is 10.6. The van der Waals surface area contributed by atoms with Crippen LogP contribution in [0.5, 0.6) is 11.5 Å². The minimum absolute atomic E-state index is 0.105. The predicted octanol–water partition coefficient (Wildman–Crippen LogP) is 4.39. The molecule has 2 aliphatic heterocycles. The molecule has 0 spiro atoms. The van der Waals surface area contributed by atoms with E-state index in [-0.39, 0.29) is 16.6 Å². The third-order valence-corrected chi connectivity index (χ3v) is 5.98. The molecule has 0 saturated carbocycles. The molecule has 0 radical (unpaired) electrons. The summed E-state index contributed by atoms with van der Waals surface area (Å²) in [5.74, 6) is 1.56. The zero-order chi connectivity index (χ0) is 20.5. The second-order valence-corrected chi connectivity index (χ2v) is 7.88. The molecule has 0 amide bonds. The van der Waals surface area contributed by atoms with E-state index in [1.165, 1.54) is 4.68 Å². The highest BCUT2D eigenvalue weighted by Gasteiger charge is 2.30. The van der Waals surface area contributed by atoms with Gasteiger partial charge in [-0.05, 0) is 42.7 Å². The fourth-order valence-electron chi connectivity index (χ4n) is 4.17. The Hall–Kier alpha value is -2.99. The van der Waals surface area contributed by atoms with Crippen LogP contribution in [0.2, 0.25) is 5.02 Å². The standard InChI is InChI=1S/C23H22ClN3O3/c24-22-19(15-25-27(23(22)28)17-6-2-1-3-7-17)26-11-4-8-18(26)16-9-10-20-21(14-16)30-13-5-12-29-20/h1-3,6-7,9-10,14-15,18H,4-5,8,11-13H2. The predicted molar refractivity (Wildman–Crippen MR) is 116 cm³/mol. The van der Waals surface area contributed by atoms with Gasteiger partial charge in [0, 0.05) is 13.0 Å². The Kier molecular flexibility index (Phi) is 5.09. The lowest BCUT2D eigenvalue weighted by Crippen LogP contribution is -2.28. The number of nitrogens with zero attached hydrogens (tertiary/aromatic N) is 3. The Morgan fingerprint density at radius 3 is 2.63 bits per heavy atom. The van der Waals surface area contributed by atoms with E-state index in [1.54, 1.807) is 6.20 Å². The lowest BCUT2D eigenvalue weighted by atomic mass is 10.0. The van der Waals surface area contributed by atoms with Gasteiger partial charge in [0.15, 0.2) is 11.5 Å². The van der Waals surface area contributed by atoms with Crippen molar-refractivity contribution in [2.45, 2.75) is 25.3 Å². The topological polar surface area (TPSA) is 56.6 Å². The van der Waals surface area contributed by atoms with Crippen LogP contribution in [0.3, 0.4) is 0 Å². The fraction of sp³-hybridized carbons (Fsp3) is 0.304. The molecule has 7 heteroatoms.